The summed E-state index contributed by atoms with van der Waals surface area (Å²) in [6.45, 7) is 2.06. The molecule has 1 heterocycles. The van der Waals surface area contributed by atoms with Gasteiger partial charge >= 0.3 is 0 Å². The smallest absolute Gasteiger partial charge is 0.151 e. The predicted octanol–water partition coefficient (Wildman–Crippen LogP) is 2.29. The summed E-state index contributed by atoms with van der Waals surface area (Å²) in [4.78, 5) is 0. The summed E-state index contributed by atoms with van der Waals surface area (Å²) in [6, 6.07) is 8.37. The molecule has 0 radical (unpaired) electrons. The third kappa shape index (κ3) is 3.53. The first kappa shape index (κ1) is 13.1. The largest absolute Gasteiger partial charge is 0.306 e. The van der Waals surface area contributed by atoms with Crippen LogP contribution in [0.3, 0.4) is 0 Å². The Kier molecular flexibility index (Phi) is 3.90. The van der Waals surface area contributed by atoms with E-state index in [0.29, 0.717) is 5.75 Å². The zero-order valence-electron chi connectivity index (χ0n) is 9.69. The fraction of sp³-hybridized carbons (Fsp3) is 0.500. The maximum atomic E-state index is 11.4. The summed E-state index contributed by atoms with van der Waals surface area (Å²) in [5, 5.41) is 3.38. The van der Waals surface area contributed by atoms with Crippen LogP contribution in [0.1, 0.15) is 24.9 Å². The van der Waals surface area contributed by atoms with Crippen molar-refractivity contribution in [3.05, 3.63) is 34.3 Å². The monoisotopic (exact) mass is 317 g/mol. The second-order valence-electron chi connectivity index (χ2n) is 4.54. The second kappa shape index (κ2) is 5.08. The number of benzene rings is 1. The number of sulfone groups is 1. The van der Waals surface area contributed by atoms with Crippen molar-refractivity contribution in [1.29, 1.82) is 0 Å². The molecule has 0 spiro atoms. The van der Waals surface area contributed by atoms with E-state index in [9.17, 15) is 8.42 Å². The Bertz CT molecular complexity index is 484. The van der Waals surface area contributed by atoms with Crippen molar-refractivity contribution in [2.75, 3.05) is 11.5 Å². The van der Waals surface area contributed by atoms with E-state index in [4.69, 9.17) is 0 Å². The van der Waals surface area contributed by atoms with Crippen LogP contribution in [0, 0.1) is 0 Å². The van der Waals surface area contributed by atoms with Crippen LogP contribution in [0.5, 0.6) is 0 Å². The molecule has 2 rings (SSSR count). The van der Waals surface area contributed by atoms with Crippen molar-refractivity contribution in [3.8, 4) is 0 Å². The van der Waals surface area contributed by atoms with Crippen LogP contribution in [0.25, 0.3) is 0 Å². The van der Waals surface area contributed by atoms with Gasteiger partial charge in [0.05, 0.1) is 11.5 Å². The Morgan fingerprint density at radius 1 is 1.35 bits per heavy atom. The van der Waals surface area contributed by atoms with Crippen molar-refractivity contribution in [2.24, 2.45) is 0 Å². The molecule has 1 saturated heterocycles. The molecular formula is C12H16BrNO2S. The average Bonchev–Trinajstić information content (AvgIpc) is 2.59. The van der Waals surface area contributed by atoms with Crippen molar-refractivity contribution in [3.63, 3.8) is 0 Å². The SMILES string of the molecule is C[C@@H](NC1CCS(=O)(=O)C1)c1ccc(Br)cc1. The first-order valence-corrected chi connectivity index (χ1v) is 8.30. The Morgan fingerprint density at radius 2 is 2.00 bits per heavy atom. The molecule has 0 bridgehead atoms. The maximum Gasteiger partial charge on any atom is 0.151 e. The van der Waals surface area contributed by atoms with Gasteiger partial charge in [-0.25, -0.2) is 8.42 Å². The van der Waals surface area contributed by atoms with E-state index in [1.807, 2.05) is 24.3 Å². The Labute approximate surface area is 111 Å². The van der Waals surface area contributed by atoms with Gasteiger partial charge in [0.15, 0.2) is 9.84 Å². The van der Waals surface area contributed by atoms with Gasteiger partial charge in [-0.3, -0.25) is 0 Å². The number of rotatable bonds is 3. The molecule has 1 aliphatic rings. The lowest BCUT2D eigenvalue weighted by atomic mass is 10.1. The maximum absolute atomic E-state index is 11.4. The number of halogens is 1. The van der Waals surface area contributed by atoms with Crippen LogP contribution in [0.2, 0.25) is 0 Å². The summed E-state index contributed by atoms with van der Waals surface area (Å²) in [7, 11) is -2.80. The Balaban J connectivity index is 1.98. The normalized spacial score (nSPS) is 24.7. The average molecular weight is 318 g/mol. The molecule has 0 amide bonds. The fourth-order valence-corrected chi connectivity index (χ4v) is 4.08. The first-order valence-electron chi connectivity index (χ1n) is 5.68. The lowest BCUT2D eigenvalue weighted by Crippen LogP contribution is -2.32. The third-order valence-electron chi connectivity index (χ3n) is 3.09. The highest BCUT2D eigenvalue weighted by Gasteiger charge is 2.28. The van der Waals surface area contributed by atoms with E-state index in [1.165, 1.54) is 5.56 Å². The molecule has 17 heavy (non-hydrogen) atoms. The minimum absolute atomic E-state index is 0.0960. The lowest BCUT2D eigenvalue weighted by molar-refractivity contribution is 0.485. The number of hydrogen-bond donors (Lipinski definition) is 1. The Morgan fingerprint density at radius 3 is 2.53 bits per heavy atom. The molecule has 0 aliphatic carbocycles. The van der Waals surface area contributed by atoms with E-state index >= 15 is 0 Å². The van der Waals surface area contributed by atoms with Gasteiger partial charge in [-0.05, 0) is 31.0 Å². The Hall–Kier alpha value is -0.390. The molecule has 1 aromatic carbocycles. The number of nitrogens with one attached hydrogen (secondary N) is 1. The van der Waals surface area contributed by atoms with Gasteiger partial charge in [0.1, 0.15) is 0 Å². The lowest BCUT2D eigenvalue weighted by Gasteiger charge is -2.18. The van der Waals surface area contributed by atoms with Crippen molar-refractivity contribution >= 4 is 25.8 Å². The van der Waals surface area contributed by atoms with E-state index < -0.39 is 9.84 Å². The van der Waals surface area contributed by atoms with Gasteiger partial charge in [0.25, 0.3) is 0 Å². The van der Waals surface area contributed by atoms with E-state index in [2.05, 4.69) is 28.2 Å². The number of hydrogen-bond acceptors (Lipinski definition) is 3. The fourth-order valence-electron chi connectivity index (χ4n) is 2.13. The minimum atomic E-state index is -2.80. The molecule has 94 valence electrons. The van der Waals surface area contributed by atoms with Crippen molar-refractivity contribution in [2.45, 2.75) is 25.4 Å². The van der Waals surface area contributed by atoms with Gasteiger partial charge in [-0.2, -0.15) is 0 Å². The first-order chi connectivity index (χ1) is 7.96. The van der Waals surface area contributed by atoms with Gasteiger partial charge < -0.3 is 5.32 Å². The highest BCUT2D eigenvalue weighted by molar-refractivity contribution is 9.10. The van der Waals surface area contributed by atoms with E-state index in [0.717, 1.165) is 10.9 Å². The molecule has 1 aliphatic heterocycles. The predicted molar refractivity (Wildman–Crippen MR) is 72.8 cm³/mol. The molecule has 0 aromatic heterocycles. The molecule has 1 unspecified atom stereocenters. The zero-order chi connectivity index (χ0) is 12.5. The summed E-state index contributed by atoms with van der Waals surface area (Å²) < 4.78 is 23.8. The van der Waals surface area contributed by atoms with Crippen LogP contribution >= 0.6 is 15.9 Å². The van der Waals surface area contributed by atoms with E-state index in [1.54, 1.807) is 0 Å². The van der Waals surface area contributed by atoms with Crippen LogP contribution in [0.4, 0.5) is 0 Å². The topological polar surface area (TPSA) is 46.2 Å². The van der Waals surface area contributed by atoms with Crippen molar-refractivity contribution in [1.82, 2.24) is 5.32 Å². The van der Waals surface area contributed by atoms with Crippen molar-refractivity contribution < 1.29 is 8.42 Å². The van der Waals surface area contributed by atoms with Gasteiger partial charge in [0.2, 0.25) is 0 Å². The molecule has 1 N–H and O–H groups in total. The highest BCUT2D eigenvalue weighted by atomic mass is 79.9. The molecule has 1 aromatic rings. The molecule has 2 atom stereocenters. The van der Waals surface area contributed by atoms with Crippen LogP contribution in [-0.4, -0.2) is 26.0 Å². The summed E-state index contributed by atoms with van der Waals surface area (Å²) in [6.07, 6.45) is 0.725. The van der Waals surface area contributed by atoms with E-state index in [-0.39, 0.29) is 17.8 Å². The molecular weight excluding hydrogens is 302 g/mol. The summed E-state index contributed by atoms with van der Waals surface area (Å²) in [5.41, 5.74) is 1.18. The van der Waals surface area contributed by atoms with Crippen LogP contribution in [-0.2, 0) is 9.84 Å². The molecule has 5 heteroatoms. The molecule has 0 saturated carbocycles. The van der Waals surface area contributed by atoms with Crippen LogP contribution < -0.4 is 5.32 Å². The third-order valence-corrected chi connectivity index (χ3v) is 5.38. The summed E-state index contributed by atoms with van der Waals surface area (Å²) in [5.74, 6) is 0.589. The molecule has 3 nitrogen and oxygen atoms in total. The van der Waals surface area contributed by atoms with Gasteiger partial charge in [0, 0.05) is 16.6 Å². The minimum Gasteiger partial charge on any atom is -0.306 e. The quantitative estimate of drug-likeness (QED) is 0.930. The highest BCUT2D eigenvalue weighted by Crippen LogP contribution is 2.19. The van der Waals surface area contributed by atoms with Gasteiger partial charge in [-0.1, -0.05) is 28.1 Å². The zero-order valence-corrected chi connectivity index (χ0v) is 12.1. The van der Waals surface area contributed by atoms with Gasteiger partial charge in [-0.15, -0.1) is 0 Å². The van der Waals surface area contributed by atoms with Crippen LogP contribution in [0.15, 0.2) is 28.7 Å². The standard InChI is InChI=1S/C12H16BrNO2S/c1-9(10-2-4-11(13)5-3-10)14-12-6-7-17(15,16)8-12/h2-5,9,12,14H,6-8H2,1H3/t9-,12?/m1/s1. The molecule has 1 fully saturated rings. The summed E-state index contributed by atoms with van der Waals surface area (Å²) >= 11 is 3.40. The second-order valence-corrected chi connectivity index (χ2v) is 7.68.